The van der Waals surface area contributed by atoms with Crippen LogP contribution in [0.4, 0.5) is 0 Å². The molecule has 2 fully saturated rings. The van der Waals surface area contributed by atoms with E-state index in [1.165, 1.54) is 0 Å². The minimum Gasteiger partial charge on any atom is -0.493 e. The SMILES string of the molecule is COc1cccc(C(=O)N2CCC3(CCNC3)C2)c1OC. The second-order valence-electron chi connectivity index (χ2n) is 5.94. The summed E-state index contributed by atoms with van der Waals surface area (Å²) in [5.41, 5.74) is 0.863. The molecular formula is C16H22N2O3. The third-order valence-corrected chi connectivity index (χ3v) is 4.69. The van der Waals surface area contributed by atoms with Crippen LogP contribution in [-0.4, -0.2) is 51.2 Å². The molecule has 0 bridgehead atoms. The smallest absolute Gasteiger partial charge is 0.257 e. The quantitative estimate of drug-likeness (QED) is 0.917. The lowest BCUT2D eigenvalue weighted by atomic mass is 9.86. The highest BCUT2D eigenvalue weighted by molar-refractivity contribution is 5.98. The molecule has 1 aromatic rings. The molecule has 1 aromatic carbocycles. The van der Waals surface area contributed by atoms with E-state index in [1.807, 2.05) is 23.1 Å². The average molecular weight is 290 g/mol. The maximum absolute atomic E-state index is 12.8. The Morgan fingerprint density at radius 3 is 2.81 bits per heavy atom. The Labute approximate surface area is 125 Å². The molecule has 1 amide bonds. The molecule has 1 unspecified atom stereocenters. The van der Waals surface area contributed by atoms with Gasteiger partial charge in [0.2, 0.25) is 0 Å². The first-order valence-electron chi connectivity index (χ1n) is 7.40. The zero-order valence-corrected chi connectivity index (χ0v) is 12.6. The first-order valence-corrected chi connectivity index (χ1v) is 7.40. The van der Waals surface area contributed by atoms with Crippen molar-refractivity contribution in [3.8, 4) is 11.5 Å². The Bertz CT molecular complexity index is 538. The number of ether oxygens (including phenoxy) is 2. The maximum atomic E-state index is 12.8. The number of nitrogens with zero attached hydrogens (tertiary/aromatic N) is 1. The lowest BCUT2D eigenvalue weighted by molar-refractivity contribution is 0.0771. The van der Waals surface area contributed by atoms with Gasteiger partial charge in [-0.2, -0.15) is 0 Å². The van der Waals surface area contributed by atoms with Crippen molar-refractivity contribution >= 4 is 5.91 Å². The lowest BCUT2D eigenvalue weighted by Crippen LogP contribution is -2.33. The van der Waals surface area contributed by atoms with Crippen molar-refractivity contribution in [2.24, 2.45) is 5.41 Å². The number of hydrogen-bond donors (Lipinski definition) is 1. The van der Waals surface area contributed by atoms with Crippen molar-refractivity contribution in [1.82, 2.24) is 10.2 Å². The van der Waals surface area contributed by atoms with Crippen molar-refractivity contribution < 1.29 is 14.3 Å². The number of rotatable bonds is 3. The van der Waals surface area contributed by atoms with Gasteiger partial charge in [-0.1, -0.05) is 6.07 Å². The number of benzene rings is 1. The van der Waals surface area contributed by atoms with Crippen LogP contribution >= 0.6 is 0 Å². The molecule has 2 aliphatic heterocycles. The molecule has 0 aromatic heterocycles. The van der Waals surface area contributed by atoms with E-state index in [9.17, 15) is 4.79 Å². The van der Waals surface area contributed by atoms with Crippen LogP contribution in [0.5, 0.6) is 11.5 Å². The lowest BCUT2D eigenvalue weighted by Gasteiger charge is -2.23. The topological polar surface area (TPSA) is 50.8 Å². The number of likely N-dealkylation sites (tertiary alicyclic amines) is 1. The van der Waals surface area contributed by atoms with E-state index in [0.29, 0.717) is 17.1 Å². The summed E-state index contributed by atoms with van der Waals surface area (Å²) in [5.74, 6) is 1.16. The van der Waals surface area contributed by atoms with Gasteiger partial charge in [-0.3, -0.25) is 4.79 Å². The fourth-order valence-corrected chi connectivity index (χ4v) is 3.48. The maximum Gasteiger partial charge on any atom is 0.257 e. The Hall–Kier alpha value is -1.75. The molecule has 0 saturated carbocycles. The summed E-state index contributed by atoms with van der Waals surface area (Å²) in [6.07, 6.45) is 2.24. The van der Waals surface area contributed by atoms with E-state index in [0.717, 1.165) is 39.0 Å². The molecule has 2 heterocycles. The van der Waals surface area contributed by atoms with Gasteiger partial charge in [0, 0.05) is 25.0 Å². The number of nitrogens with one attached hydrogen (secondary N) is 1. The molecule has 114 valence electrons. The molecule has 2 aliphatic rings. The summed E-state index contributed by atoms with van der Waals surface area (Å²) >= 11 is 0. The number of carbonyl (C=O) groups excluding carboxylic acids is 1. The number of para-hydroxylation sites is 1. The van der Waals surface area contributed by atoms with Crippen LogP contribution in [0.3, 0.4) is 0 Å². The summed E-state index contributed by atoms with van der Waals surface area (Å²) in [6.45, 7) is 3.73. The Morgan fingerprint density at radius 1 is 1.29 bits per heavy atom. The van der Waals surface area contributed by atoms with E-state index in [4.69, 9.17) is 9.47 Å². The fraction of sp³-hybridized carbons (Fsp3) is 0.562. The predicted molar refractivity (Wildman–Crippen MR) is 80.0 cm³/mol. The highest BCUT2D eigenvalue weighted by atomic mass is 16.5. The molecule has 1 atom stereocenters. The molecule has 0 radical (unpaired) electrons. The van der Waals surface area contributed by atoms with Gasteiger partial charge in [0.05, 0.1) is 19.8 Å². The van der Waals surface area contributed by atoms with Crippen LogP contribution in [-0.2, 0) is 0 Å². The second-order valence-corrected chi connectivity index (χ2v) is 5.94. The summed E-state index contributed by atoms with van der Waals surface area (Å²) in [7, 11) is 3.15. The van der Waals surface area contributed by atoms with Gasteiger partial charge in [0.25, 0.3) is 5.91 Å². The van der Waals surface area contributed by atoms with Gasteiger partial charge in [-0.15, -0.1) is 0 Å². The van der Waals surface area contributed by atoms with Crippen LogP contribution in [0, 0.1) is 5.41 Å². The van der Waals surface area contributed by atoms with Gasteiger partial charge >= 0.3 is 0 Å². The van der Waals surface area contributed by atoms with Crippen LogP contribution in [0.1, 0.15) is 23.2 Å². The monoisotopic (exact) mass is 290 g/mol. The van der Waals surface area contributed by atoms with E-state index in [-0.39, 0.29) is 11.3 Å². The first-order chi connectivity index (χ1) is 10.2. The van der Waals surface area contributed by atoms with E-state index >= 15 is 0 Å². The first kappa shape index (κ1) is 14.2. The van der Waals surface area contributed by atoms with Gasteiger partial charge < -0.3 is 19.7 Å². The highest BCUT2D eigenvalue weighted by Crippen LogP contribution is 2.38. The Kier molecular flexibility index (Phi) is 3.76. The van der Waals surface area contributed by atoms with Crippen LogP contribution in [0.25, 0.3) is 0 Å². The minimum atomic E-state index is 0.0366. The number of amides is 1. The van der Waals surface area contributed by atoms with Crippen LogP contribution in [0.2, 0.25) is 0 Å². The Balaban J connectivity index is 1.83. The second kappa shape index (κ2) is 5.56. The van der Waals surface area contributed by atoms with Crippen LogP contribution < -0.4 is 14.8 Å². The minimum absolute atomic E-state index is 0.0366. The van der Waals surface area contributed by atoms with E-state index in [1.54, 1.807) is 14.2 Å². The van der Waals surface area contributed by atoms with Gasteiger partial charge in [0.15, 0.2) is 11.5 Å². The molecule has 1 spiro atoms. The van der Waals surface area contributed by atoms with Gasteiger partial charge in [-0.25, -0.2) is 0 Å². The van der Waals surface area contributed by atoms with Gasteiger partial charge in [-0.05, 0) is 31.5 Å². The van der Waals surface area contributed by atoms with Gasteiger partial charge in [0.1, 0.15) is 0 Å². The zero-order valence-electron chi connectivity index (χ0n) is 12.6. The summed E-state index contributed by atoms with van der Waals surface area (Å²) in [5, 5.41) is 3.41. The third kappa shape index (κ3) is 2.46. The Morgan fingerprint density at radius 2 is 2.14 bits per heavy atom. The zero-order chi connectivity index (χ0) is 14.9. The molecule has 21 heavy (non-hydrogen) atoms. The van der Waals surface area contributed by atoms with Crippen molar-refractivity contribution in [1.29, 1.82) is 0 Å². The summed E-state index contributed by atoms with van der Waals surface area (Å²) in [4.78, 5) is 14.8. The molecule has 1 N–H and O–H groups in total. The van der Waals surface area contributed by atoms with Crippen molar-refractivity contribution in [3.05, 3.63) is 23.8 Å². The predicted octanol–water partition coefficient (Wildman–Crippen LogP) is 1.53. The molecule has 2 saturated heterocycles. The number of methoxy groups -OCH3 is 2. The number of hydrogen-bond acceptors (Lipinski definition) is 4. The van der Waals surface area contributed by atoms with Crippen molar-refractivity contribution in [2.75, 3.05) is 40.4 Å². The van der Waals surface area contributed by atoms with Crippen molar-refractivity contribution in [2.45, 2.75) is 12.8 Å². The molecule has 5 nitrogen and oxygen atoms in total. The molecule has 3 rings (SSSR count). The standard InChI is InChI=1S/C16H22N2O3/c1-20-13-5-3-4-12(14(13)21-2)15(19)18-9-7-16(11-18)6-8-17-10-16/h3-5,17H,6-11H2,1-2H3. The van der Waals surface area contributed by atoms with Crippen LogP contribution in [0.15, 0.2) is 18.2 Å². The molecule has 0 aliphatic carbocycles. The number of carbonyl (C=O) groups is 1. The fourth-order valence-electron chi connectivity index (χ4n) is 3.48. The summed E-state index contributed by atoms with van der Waals surface area (Å²) < 4.78 is 10.7. The molecular weight excluding hydrogens is 268 g/mol. The van der Waals surface area contributed by atoms with E-state index < -0.39 is 0 Å². The third-order valence-electron chi connectivity index (χ3n) is 4.69. The average Bonchev–Trinajstić information content (AvgIpc) is 3.16. The highest BCUT2D eigenvalue weighted by Gasteiger charge is 2.42. The van der Waals surface area contributed by atoms with Crippen molar-refractivity contribution in [3.63, 3.8) is 0 Å². The molecule has 5 heteroatoms. The normalized spacial score (nSPS) is 24.6. The largest absolute Gasteiger partial charge is 0.493 e. The van der Waals surface area contributed by atoms with E-state index in [2.05, 4.69) is 5.32 Å². The summed E-state index contributed by atoms with van der Waals surface area (Å²) in [6, 6.07) is 5.45.